The number of benzene rings is 4. The summed E-state index contributed by atoms with van der Waals surface area (Å²) in [6, 6.07) is 25.5. The molecule has 0 N–H and O–H groups in total. The highest BCUT2D eigenvalue weighted by atomic mass is 32.2. The minimum atomic E-state index is -3.65. The molecular formula is C28H23NO4S. The number of fused-ring (bicyclic) bond motifs is 7. The van der Waals surface area contributed by atoms with Crippen LogP contribution in [-0.4, -0.2) is 26.1 Å². The third kappa shape index (κ3) is 2.92. The lowest BCUT2D eigenvalue weighted by Gasteiger charge is -2.33. The van der Waals surface area contributed by atoms with Gasteiger partial charge in [0, 0.05) is 11.9 Å². The summed E-state index contributed by atoms with van der Waals surface area (Å²) in [6.45, 7) is 0.780. The number of nitrogens with zero attached hydrogens (tertiary/aromatic N) is 1. The monoisotopic (exact) mass is 469 g/mol. The summed E-state index contributed by atoms with van der Waals surface area (Å²) in [7, 11) is -3.65. The lowest BCUT2D eigenvalue weighted by atomic mass is 9.95. The molecule has 6 heteroatoms. The van der Waals surface area contributed by atoms with Gasteiger partial charge in [0.05, 0.1) is 10.9 Å². The zero-order valence-electron chi connectivity index (χ0n) is 18.5. The van der Waals surface area contributed by atoms with Crippen molar-refractivity contribution in [3.63, 3.8) is 0 Å². The van der Waals surface area contributed by atoms with Gasteiger partial charge >= 0.3 is 0 Å². The molecule has 0 radical (unpaired) electrons. The van der Waals surface area contributed by atoms with Crippen molar-refractivity contribution in [2.75, 3.05) is 13.3 Å². The van der Waals surface area contributed by atoms with E-state index in [9.17, 15) is 8.42 Å². The second-order valence-electron chi connectivity index (χ2n) is 9.24. The first-order chi connectivity index (χ1) is 16.6. The number of hydrogen-bond donors (Lipinski definition) is 0. The van der Waals surface area contributed by atoms with Crippen LogP contribution in [0.5, 0.6) is 11.5 Å². The minimum Gasteiger partial charge on any atom is -0.454 e. The van der Waals surface area contributed by atoms with Crippen molar-refractivity contribution in [3.8, 4) is 22.6 Å². The van der Waals surface area contributed by atoms with E-state index in [0.717, 1.165) is 51.8 Å². The molecule has 0 aromatic heterocycles. The van der Waals surface area contributed by atoms with Crippen molar-refractivity contribution >= 4 is 20.8 Å². The summed E-state index contributed by atoms with van der Waals surface area (Å²) in [6.07, 6.45) is 1.68. The Morgan fingerprint density at radius 1 is 0.794 bits per heavy atom. The van der Waals surface area contributed by atoms with Crippen molar-refractivity contribution < 1.29 is 17.9 Å². The first-order valence-corrected chi connectivity index (χ1v) is 13.1. The van der Waals surface area contributed by atoms with Crippen molar-refractivity contribution in [2.24, 2.45) is 0 Å². The summed E-state index contributed by atoms with van der Waals surface area (Å²) in [5, 5.41) is 1.72. The quantitative estimate of drug-likeness (QED) is 0.377. The molecule has 170 valence electrons. The second-order valence-corrected chi connectivity index (χ2v) is 11.1. The normalized spacial score (nSPS) is 21.1. The van der Waals surface area contributed by atoms with Crippen LogP contribution >= 0.6 is 0 Å². The van der Waals surface area contributed by atoms with E-state index in [4.69, 9.17) is 9.47 Å². The van der Waals surface area contributed by atoms with Crippen LogP contribution in [0.1, 0.15) is 35.9 Å². The van der Waals surface area contributed by atoms with Crippen LogP contribution in [-0.2, 0) is 10.0 Å². The van der Waals surface area contributed by atoms with Gasteiger partial charge in [0.25, 0.3) is 0 Å². The fraction of sp³-hybridized carbons (Fsp3) is 0.214. The molecule has 1 aliphatic carbocycles. The first-order valence-electron chi connectivity index (χ1n) is 11.6. The average molecular weight is 470 g/mol. The highest BCUT2D eigenvalue weighted by Crippen LogP contribution is 2.52. The molecule has 2 bridgehead atoms. The number of rotatable bonds is 3. The van der Waals surface area contributed by atoms with Gasteiger partial charge < -0.3 is 9.47 Å². The van der Waals surface area contributed by atoms with Crippen molar-refractivity contribution in [1.82, 2.24) is 4.31 Å². The average Bonchev–Trinajstić information content (AvgIpc) is 3.45. The molecule has 3 aliphatic rings. The Kier molecular flexibility index (Phi) is 4.32. The van der Waals surface area contributed by atoms with Crippen LogP contribution in [0.2, 0.25) is 0 Å². The maximum Gasteiger partial charge on any atom is 0.244 e. The molecule has 0 amide bonds. The van der Waals surface area contributed by atoms with Gasteiger partial charge in [-0.25, -0.2) is 8.42 Å². The van der Waals surface area contributed by atoms with Crippen LogP contribution in [0.4, 0.5) is 0 Å². The summed E-state index contributed by atoms with van der Waals surface area (Å²) in [5.74, 6) is 1.91. The predicted octanol–water partition coefficient (Wildman–Crippen LogP) is 5.86. The van der Waals surface area contributed by atoms with E-state index in [0.29, 0.717) is 17.4 Å². The SMILES string of the molecule is O=S(=O)(c1cccc2ccccc12)N1CC[C@@H]2C[C@H]1c1cc(-c3ccc4c(c3)OCO4)ccc12. The van der Waals surface area contributed by atoms with Crippen molar-refractivity contribution in [1.29, 1.82) is 0 Å². The summed E-state index contributed by atoms with van der Waals surface area (Å²) in [4.78, 5) is 0.393. The molecule has 1 fully saturated rings. The summed E-state index contributed by atoms with van der Waals surface area (Å²) < 4.78 is 40.7. The Hall–Kier alpha value is -3.35. The zero-order chi connectivity index (χ0) is 22.9. The smallest absolute Gasteiger partial charge is 0.244 e. The molecule has 0 saturated carbocycles. The Balaban J connectivity index is 1.31. The maximum absolute atomic E-state index is 14.0. The zero-order valence-corrected chi connectivity index (χ0v) is 19.3. The van der Waals surface area contributed by atoms with Crippen LogP contribution < -0.4 is 9.47 Å². The van der Waals surface area contributed by atoms with Gasteiger partial charge in [0.15, 0.2) is 11.5 Å². The molecule has 0 spiro atoms. The molecule has 4 aromatic rings. The lowest BCUT2D eigenvalue weighted by molar-refractivity contribution is 0.174. The lowest BCUT2D eigenvalue weighted by Crippen LogP contribution is -2.37. The number of ether oxygens (including phenoxy) is 2. The van der Waals surface area contributed by atoms with Crippen LogP contribution in [0, 0.1) is 0 Å². The van der Waals surface area contributed by atoms with E-state index in [1.54, 1.807) is 10.4 Å². The number of hydrogen-bond acceptors (Lipinski definition) is 4. The molecule has 2 aliphatic heterocycles. The van der Waals surface area contributed by atoms with Crippen molar-refractivity contribution in [2.45, 2.75) is 29.7 Å². The highest BCUT2D eigenvalue weighted by Gasteiger charge is 2.44. The molecule has 2 heterocycles. The fourth-order valence-electron chi connectivity index (χ4n) is 5.83. The van der Waals surface area contributed by atoms with E-state index in [1.165, 1.54) is 5.56 Å². The minimum absolute atomic E-state index is 0.147. The number of sulfonamides is 1. The third-order valence-electron chi connectivity index (χ3n) is 7.48. The van der Waals surface area contributed by atoms with E-state index in [1.807, 2.05) is 54.6 Å². The van der Waals surface area contributed by atoms with Crippen LogP contribution in [0.15, 0.2) is 83.8 Å². The fourth-order valence-corrected chi connectivity index (χ4v) is 7.68. The van der Waals surface area contributed by atoms with Gasteiger partial charge in [-0.1, -0.05) is 54.6 Å². The largest absolute Gasteiger partial charge is 0.454 e. The molecule has 34 heavy (non-hydrogen) atoms. The molecule has 0 unspecified atom stereocenters. The van der Waals surface area contributed by atoms with Crippen LogP contribution in [0.3, 0.4) is 0 Å². The highest BCUT2D eigenvalue weighted by molar-refractivity contribution is 7.89. The Labute approximate surface area is 198 Å². The molecule has 2 atom stereocenters. The maximum atomic E-state index is 14.0. The molecule has 7 rings (SSSR count). The van der Waals surface area contributed by atoms with E-state index < -0.39 is 10.0 Å². The molecule has 5 nitrogen and oxygen atoms in total. The van der Waals surface area contributed by atoms with Gasteiger partial charge in [-0.2, -0.15) is 4.31 Å². The molecule has 4 aromatic carbocycles. The molecule has 1 saturated heterocycles. The summed E-state index contributed by atoms with van der Waals surface area (Å²) >= 11 is 0. The Morgan fingerprint density at radius 3 is 2.53 bits per heavy atom. The summed E-state index contributed by atoms with van der Waals surface area (Å²) in [5.41, 5.74) is 4.51. The Bertz CT molecular complexity index is 1560. The predicted molar refractivity (Wildman–Crippen MR) is 131 cm³/mol. The topological polar surface area (TPSA) is 55.8 Å². The Morgan fingerprint density at radius 2 is 1.59 bits per heavy atom. The van der Waals surface area contributed by atoms with Gasteiger partial charge in [0.1, 0.15) is 0 Å². The van der Waals surface area contributed by atoms with Crippen molar-refractivity contribution in [3.05, 3.63) is 90.0 Å². The standard InChI is InChI=1S/C28H23NO4S/c30-34(31,28-7-3-5-18-4-1-2-6-23(18)28)29-13-12-21-15-25(29)24-14-19(8-10-22(21)24)20-9-11-26-27(16-20)33-17-32-26/h1-11,14,16,21,25H,12-13,15,17H2/t21-,25+/m1/s1. The second kappa shape index (κ2) is 7.32. The van der Waals surface area contributed by atoms with Gasteiger partial charge in [-0.3, -0.25) is 0 Å². The first kappa shape index (κ1) is 20.1. The van der Waals surface area contributed by atoms with Crippen LogP contribution in [0.25, 0.3) is 21.9 Å². The van der Waals surface area contributed by atoms with Gasteiger partial charge in [-0.05, 0) is 70.7 Å². The van der Waals surface area contributed by atoms with Gasteiger partial charge in [0.2, 0.25) is 16.8 Å². The van der Waals surface area contributed by atoms with E-state index >= 15 is 0 Å². The third-order valence-corrected chi connectivity index (χ3v) is 9.45. The number of piperidine rings is 1. The molecular weight excluding hydrogens is 446 g/mol. The van der Waals surface area contributed by atoms with E-state index in [-0.39, 0.29) is 12.8 Å². The van der Waals surface area contributed by atoms with E-state index in [2.05, 4.69) is 18.2 Å². The van der Waals surface area contributed by atoms with Gasteiger partial charge in [-0.15, -0.1) is 0 Å².